The molecule has 1 N–H and O–H groups in total. The maximum Gasteiger partial charge on any atom is 0.123 e. The first kappa shape index (κ1) is 12.2. The summed E-state index contributed by atoms with van der Waals surface area (Å²) in [6.07, 6.45) is 2.73. The van der Waals surface area contributed by atoms with E-state index in [1.54, 1.807) is 24.7 Å². The molecule has 0 aliphatic carbocycles. The van der Waals surface area contributed by atoms with Gasteiger partial charge in [-0.05, 0) is 25.5 Å². The van der Waals surface area contributed by atoms with Gasteiger partial charge in [-0.2, -0.15) is 0 Å². The Morgan fingerprint density at radius 1 is 1.42 bits per heavy atom. The van der Waals surface area contributed by atoms with Crippen molar-refractivity contribution in [1.29, 1.82) is 0 Å². The molecule has 1 aromatic heterocycles. The number of nitrogens with zero attached hydrogens (tertiary/aromatic N) is 3. The van der Waals surface area contributed by atoms with Gasteiger partial charge in [0, 0.05) is 6.42 Å². The average Bonchev–Trinajstić information content (AvgIpc) is 2.94. The van der Waals surface area contributed by atoms with Gasteiger partial charge in [0.2, 0.25) is 0 Å². The van der Waals surface area contributed by atoms with E-state index in [9.17, 15) is 5.11 Å². The molecule has 3 rings (SSSR count). The molecule has 0 fully saturated rings. The zero-order valence-electron chi connectivity index (χ0n) is 11.1. The Hall–Kier alpha value is -1.88. The maximum atomic E-state index is 9.86. The molecule has 1 aliphatic heterocycles. The van der Waals surface area contributed by atoms with Crippen LogP contribution in [0.25, 0.3) is 0 Å². The van der Waals surface area contributed by atoms with Crippen LogP contribution in [0.15, 0.2) is 30.5 Å². The molecule has 0 radical (unpaired) electrons. The summed E-state index contributed by atoms with van der Waals surface area (Å²) >= 11 is 0. The topological polar surface area (TPSA) is 60.2 Å². The molecule has 1 aromatic carbocycles. The summed E-state index contributed by atoms with van der Waals surface area (Å²) in [7, 11) is 0. The number of fused-ring (bicyclic) bond motifs is 1. The lowest BCUT2D eigenvalue weighted by atomic mass is 10.1. The van der Waals surface area contributed by atoms with Gasteiger partial charge in [0.25, 0.3) is 0 Å². The number of ether oxygens (including phenoxy) is 1. The fourth-order valence-electron chi connectivity index (χ4n) is 2.23. The Bertz CT molecular complexity index is 561. The molecule has 100 valence electrons. The fourth-order valence-corrected chi connectivity index (χ4v) is 2.23. The zero-order valence-corrected chi connectivity index (χ0v) is 11.1. The molecule has 0 bridgehead atoms. The van der Waals surface area contributed by atoms with Crippen LogP contribution in [0.2, 0.25) is 0 Å². The molecule has 19 heavy (non-hydrogen) atoms. The van der Waals surface area contributed by atoms with Crippen molar-refractivity contribution in [3.8, 4) is 5.75 Å². The zero-order chi connectivity index (χ0) is 13.5. The number of aromatic nitrogens is 3. The van der Waals surface area contributed by atoms with Crippen molar-refractivity contribution in [3.05, 3.63) is 41.7 Å². The van der Waals surface area contributed by atoms with Crippen LogP contribution in [-0.2, 0) is 18.6 Å². The monoisotopic (exact) mass is 259 g/mol. The van der Waals surface area contributed by atoms with Gasteiger partial charge in [0.05, 0.1) is 12.7 Å². The SMILES string of the molecule is CC(C)(O)c1cn(CC2Cc3ccccc3O2)nn1. The molecule has 0 amide bonds. The highest BCUT2D eigenvalue weighted by atomic mass is 16.5. The smallest absolute Gasteiger partial charge is 0.123 e. The summed E-state index contributed by atoms with van der Waals surface area (Å²) < 4.78 is 7.58. The van der Waals surface area contributed by atoms with Crippen molar-refractivity contribution < 1.29 is 9.84 Å². The lowest BCUT2D eigenvalue weighted by Crippen LogP contribution is -2.21. The Kier molecular flexibility index (Phi) is 2.78. The molecule has 1 atom stereocenters. The van der Waals surface area contributed by atoms with Crippen LogP contribution in [0.3, 0.4) is 0 Å². The molecule has 1 aliphatic rings. The molecular formula is C14H17N3O2. The van der Waals surface area contributed by atoms with E-state index in [-0.39, 0.29) is 6.10 Å². The highest BCUT2D eigenvalue weighted by molar-refractivity contribution is 5.37. The maximum absolute atomic E-state index is 9.86. The standard InChI is InChI=1S/C14H17N3O2/c1-14(2,18)13-9-17(16-15-13)8-11-7-10-5-3-4-6-12(10)19-11/h3-6,9,11,18H,7-8H2,1-2H3. The molecule has 2 heterocycles. The number of hydrogen-bond acceptors (Lipinski definition) is 4. The van der Waals surface area contributed by atoms with Crippen LogP contribution in [0.4, 0.5) is 0 Å². The minimum atomic E-state index is -0.961. The van der Waals surface area contributed by atoms with E-state index in [0.29, 0.717) is 12.2 Å². The molecule has 5 heteroatoms. The van der Waals surface area contributed by atoms with E-state index < -0.39 is 5.60 Å². The second-order valence-corrected chi connectivity index (χ2v) is 5.44. The first-order valence-electron chi connectivity index (χ1n) is 6.40. The van der Waals surface area contributed by atoms with Crippen molar-refractivity contribution in [2.75, 3.05) is 0 Å². The van der Waals surface area contributed by atoms with Gasteiger partial charge in [-0.3, -0.25) is 0 Å². The van der Waals surface area contributed by atoms with Gasteiger partial charge >= 0.3 is 0 Å². The highest BCUT2D eigenvalue weighted by Gasteiger charge is 2.25. The minimum absolute atomic E-state index is 0.0776. The molecule has 5 nitrogen and oxygen atoms in total. The van der Waals surface area contributed by atoms with E-state index in [1.165, 1.54) is 5.56 Å². The Balaban J connectivity index is 1.70. The van der Waals surface area contributed by atoms with Gasteiger partial charge in [-0.1, -0.05) is 23.4 Å². The number of hydrogen-bond donors (Lipinski definition) is 1. The number of aliphatic hydroxyl groups is 1. The van der Waals surface area contributed by atoms with E-state index >= 15 is 0 Å². The van der Waals surface area contributed by atoms with E-state index in [4.69, 9.17) is 4.74 Å². The number of benzene rings is 1. The van der Waals surface area contributed by atoms with Crippen LogP contribution in [0.5, 0.6) is 5.75 Å². The lowest BCUT2D eigenvalue weighted by Gasteiger charge is -2.12. The predicted molar refractivity (Wildman–Crippen MR) is 69.8 cm³/mol. The third-order valence-electron chi connectivity index (χ3n) is 3.27. The van der Waals surface area contributed by atoms with E-state index in [1.807, 2.05) is 18.2 Å². The Morgan fingerprint density at radius 2 is 2.21 bits per heavy atom. The van der Waals surface area contributed by atoms with Gasteiger partial charge in [0.15, 0.2) is 0 Å². The van der Waals surface area contributed by atoms with Crippen LogP contribution in [0.1, 0.15) is 25.1 Å². The molecule has 0 spiro atoms. The Morgan fingerprint density at radius 3 is 2.89 bits per heavy atom. The molecular weight excluding hydrogens is 242 g/mol. The minimum Gasteiger partial charge on any atom is -0.488 e. The third kappa shape index (κ3) is 2.46. The third-order valence-corrected chi connectivity index (χ3v) is 3.27. The van der Waals surface area contributed by atoms with E-state index in [2.05, 4.69) is 16.4 Å². The first-order chi connectivity index (χ1) is 9.02. The van der Waals surface area contributed by atoms with Gasteiger partial charge < -0.3 is 9.84 Å². The van der Waals surface area contributed by atoms with Crippen molar-refractivity contribution in [3.63, 3.8) is 0 Å². The average molecular weight is 259 g/mol. The second-order valence-electron chi connectivity index (χ2n) is 5.44. The molecule has 0 saturated heterocycles. The highest BCUT2D eigenvalue weighted by Crippen LogP contribution is 2.28. The van der Waals surface area contributed by atoms with Gasteiger partial charge in [0.1, 0.15) is 23.1 Å². The Labute approximate surface area is 111 Å². The van der Waals surface area contributed by atoms with Crippen LogP contribution >= 0.6 is 0 Å². The van der Waals surface area contributed by atoms with Crippen molar-refractivity contribution in [2.45, 2.75) is 38.5 Å². The molecule has 0 saturated carbocycles. The summed E-state index contributed by atoms with van der Waals surface area (Å²) in [6, 6.07) is 8.06. The summed E-state index contributed by atoms with van der Waals surface area (Å²) in [5.74, 6) is 0.954. The summed E-state index contributed by atoms with van der Waals surface area (Å²) in [5.41, 5.74) is 0.843. The van der Waals surface area contributed by atoms with E-state index in [0.717, 1.165) is 12.2 Å². The first-order valence-corrected chi connectivity index (χ1v) is 6.40. The molecule has 1 unspecified atom stereocenters. The summed E-state index contributed by atoms with van der Waals surface area (Å²) in [6.45, 7) is 4.03. The van der Waals surface area contributed by atoms with Crippen LogP contribution in [-0.4, -0.2) is 26.2 Å². The summed E-state index contributed by atoms with van der Waals surface area (Å²) in [5, 5.41) is 17.9. The second kappa shape index (κ2) is 4.35. The number of para-hydroxylation sites is 1. The largest absolute Gasteiger partial charge is 0.488 e. The lowest BCUT2D eigenvalue weighted by molar-refractivity contribution is 0.0737. The molecule has 2 aromatic rings. The van der Waals surface area contributed by atoms with Crippen molar-refractivity contribution in [1.82, 2.24) is 15.0 Å². The summed E-state index contributed by atoms with van der Waals surface area (Å²) in [4.78, 5) is 0. The normalized spacial score (nSPS) is 18.2. The van der Waals surface area contributed by atoms with Crippen molar-refractivity contribution in [2.24, 2.45) is 0 Å². The van der Waals surface area contributed by atoms with Crippen molar-refractivity contribution >= 4 is 0 Å². The predicted octanol–water partition coefficient (Wildman–Crippen LogP) is 1.51. The van der Waals surface area contributed by atoms with Gasteiger partial charge in [-0.25, -0.2) is 4.68 Å². The number of rotatable bonds is 3. The van der Waals surface area contributed by atoms with Crippen LogP contribution in [0, 0.1) is 0 Å². The fraction of sp³-hybridized carbons (Fsp3) is 0.429. The quantitative estimate of drug-likeness (QED) is 0.907. The van der Waals surface area contributed by atoms with Crippen LogP contribution < -0.4 is 4.74 Å². The van der Waals surface area contributed by atoms with Gasteiger partial charge in [-0.15, -0.1) is 5.10 Å².